The Hall–Kier alpha value is -2.38. The van der Waals surface area contributed by atoms with Crippen LogP contribution in [-0.4, -0.2) is 75.5 Å². The molecule has 0 spiro atoms. The van der Waals surface area contributed by atoms with Gasteiger partial charge in [-0.15, -0.1) is 0 Å². The number of methoxy groups -OCH3 is 2. The molecule has 0 N–H and O–H groups in total. The van der Waals surface area contributed by atoms with E-state index in [1.54, 1.807) is 14.2 Å². The molecule has 0 amide bonds. The van der Waals surface area contributed by atoms with Crippen LogP contribution >= 0.6 is 0 Å². The number of benzene rings is 1. The maximum Gasteiger partial charge on any atom is 0.161 e. The second-order valence-electron chi connectivity index (χ2n) is 8.01. The second-order valence-corrected chi connectivity index (χ2v) is 8.01. The van der Waals surface area contributed by atoms with Crippen molar-refractivity contribution in [1.29, 1.82) is 0 Å². The van der Waals surface area contributed by atoms with Crippen molar-refractivity contribution < 1.29 is 14.2 Å². The minimum absolute atomic E-state index is 0.647. The number of hydrogen-bond acceptors (Lipinski definition) is 7. The summed E-state index contributed by atoms with van der Waals surface area (Å²) in [6.45, 7) is 5.87. The van der Waals surface area contributed by atoms with Crippen LogP contribution in [0.3, 0.4) is 0 Å². The Morgan fingerprint density at radius 1 is 1.03 bits per heavy atom. The van der Waals surface area contributed by atoms with E-state index in [2.05, 4.69) is 14.8 Å². The predicted molar refractivity (Wildman–Crippen MR) is 123 cm³/mol. The third kappa shape index (κ3) is 7.36. The van der Waals surface area contributed by atoms with Gasteiger partial charge >= 0.3 is 0 Å². The van der Waals surface area contributed by atoms with E-state index in [1.807, 2.05) is 37.5 Å². The van der Waals surface area contributed by atoms with Crippen molar-refractivity contribution in [1.82, 2.24) is 14.9 Å². The normalized spacial score (nSPS) is 14.0. The highest BCUT2D eigenvalue weighted by molar-refractivity contribution is 5.44. The molecule has 1 aromatic heterocycles. The molecule has 31 heavy (non-hydrogen) atoms. The van der Waals surface area contributed by atoms with E-state index >= 15 is 0 Å². The summed E-state index contributed by atoms with van der Waals surface area (Å²) in [5, 5.41) is 0. The molecule has 0 unspecified atom stereocenters. The zero-order valence-electron chi connectivity index (χ0n) is 19.2. The summed E-state index contributed by atoms with van der Waals surface area (Å²) in [5.41, 5.74) is 1.11. The van der Waals surface area contributed by atoms with Gasteiger partial charge in [0.05, 0.1) is 13.7 Å². The highest BCUT2D eigenvalue weighted by atomic mass is 16.5. The molecule has 1 saturated heterocycles. The number of anilines is 1. The van der Waals surface area contributed by atoms with Crippen LogP contribution in [0.4, 0.5) is 5.82 Å². The predicted octanol–water partition coefficient (Wildman–Crippen LogP) is 3.41. The monoisotopic (exact) mass is 428 g/mol. The van der Waals surface area contributed by atoms with Crippen LogP contribution in [0, 0.1) is 0 Å². The van der Waals surface area contributed by atoms with Crippen LogP contribution in [-0.2, 0) is 11.2 Å². The minimum Gasteiger partial charge on any atom is -0.493 e. The molecule has 7 heteroatoms. The smallest absolute Gasteiger partial charge is 0.161 e. The molecule has 1 aliphatic rings. The Bertz CT molecular complexity index is 796. The van der Waals surface area contributed by atoms with Crippen LogP contribution in [0.5, 0.6) is 11.5 Å². The van der Waals surface area contributed by atoms with Crippen molar-refractivity contribution in [3.8, 4) is 11.5 Å². The quantitative estimate of drug-likeness (QED) is 0.453. The summed E-state index contributed by atoms with van der Waals surface area (Å²) in [4.78, 5) is 13.8. The fraction of sp³-hybridized carbons (Fsp3) is 0.583. The zero-order valence-corrected chi connectivity index (χ0v) is 19.2. The van der Waals surface area contributed by atoms with E-state index in [0.29, 0.717) is 13.0 Å². The summed E-state index contributed by atoms with van der Waals surface area (Å²) >= 11 is 0. The van der Waals surface area contributed by atoms with E-state index in [-0.39, 0.29) is 0 Å². The van der Waals surface area contributed by atoms with E-state index < -0.39 is 0 Å². The molecule has 7 nitrogen and oxygen atoms in total. The minimum atomic E-state index is 0.647. The Morgan fingerprint density at radius 3 is 2.65 bits per heavy atom. The largest absolute Gasteiger partial charge is 0.493 e. The Kier molecular flexibility index (Phi) is 9.37. The van der Waals surface area contributed by atoms with Crippen LogP contribution in [0.1, 0.15) is 37.1 Å². The van der Waals surface area contributed by atoms with Crippen LogP contribution in [0.2, 0.25) is 0 Å². The number of ether oxygens (including phenoxy) is 3. The van der Waals surface area contributed by atoms with Crippen molar-refractivity contribution in [3.63, 3.8) is 0 Å². The van der Waals surface area contributed by atoms with Gasteiger partial charge in [0.1, 0.15) is 11.6 Å². The topological polar surface area (TPSA) is 60.0 Å². The molecule has 0 bridgehead atoms. The number of hydrogen-bond donors (Lipinski definition) is 0. The van der Waals surface area contributed by atoms with Gasteiger partial charge in [-0.3, -0.25) is 0 Å². The first-order valence-electron chi connectivity index (χ1n) is 11.2. The van der Waals surface area contributed by atoms with Gasteiger partial charge in [0.25, 0.3) is 0 Å². The molecule has 1 aliphatic heterocycles. The molecule has 0 radical (unpaired) electrons. The summed E-state index contributed by atoms with van der Waals surface area (Å²) in [6, 6.07) is 8.01. The Balaban J connectivity index is 1.58. The van der Waals surface area contributed by atoms with Crippen LogP contribution in [0.25, 0.3) is 0 Å². The van der Waals surface area contributed by atoms with Gasteiger partial charge < -0.3 is 24.0 Å². The third-order valence-electron chi connectivity index (χ3n) is 5.59. The van der Waals surface area contributed by atoms with Crippen LogP contribution in [0.15, 0.2) is 30.5 Å². The van der Waals surface area contributed by atoms with E-state index in [1.165, 1.54) is 25.9 Å². The first kappa shape index (κ1) is 23.3. The lowest BCUT2D eigenvalue weighted by atomic mass is 10.1. The lowest BCUT2D eigenvalue weighted by Crippen LogP contribution is -2.22. The fourth-order valence-electron chi connectivity index (χ4n) is 3.85. The van der Waals surface area contributed by atoms with Crippen molar-refractivity contribution in [2.75, 3.05) is 65.6 Å². The fourth-order valence-corrected chi connectivity index (χ4v) is 3.85. The van der Waals surface area contributed by atoms with Crippen LogP contribution < -0.4 is 14.4 Å². The van der Waals surface area contributed by atoms with Gasteiger partial charge in [0.2, 0.25) is 0 Å². The zero-order chi connectivity index (χ0) is 21.9. The lowest BCUT2D eigenvalue weighted by Gasteiger charge is -2.18. The molecule has 170 valence electrons. The third-order valence-corrected chi connectivity index (χ3v) is 5.59. The van der Waals surface area contributed by atoms with Gasteiger partial charge in [-0.25, -0.2) is 9.97 Å². The highest BCUT2D eigenvalue weighted by Gasteiger charge is 2.12. The van der Waals surface area contributed by atoms with Gasteiger partial charge in [0.15, 0.2) is 11.5 Å². The molecule has 2 heterocycles. The Labute approximate surface area is 186 Å². The second kappa shape index (κ2) is 12.5. The average molecular weight is 429 g/mol. The first-order chi connectivity index (χ1) is 15.2. The molecule has 1 aromatic carbocycles. The van der Waals surface area contributed by atoms with Crippen molar-refractivity contribution in [2.45, 2.75) is 32.1 Å². The first-order valence-corrected chi connectivity index (χ1v) is 11.2. The average Bonchev–Trinajstić information content (AvgIpc) is 3.31. The molecular formula is C24H36N4O3. The van der Waals surface area contributed by atoms with E-state index in [0.717, 1.165) is 61.2 Å². The number of nitrogens with zero attached hydrogens (tertiary/aromatic N) is 4. The van der Waals surface area contributed by atoms with Gasteiger partial charge in [-0.2, -0.15) is 0 Å². The van der Waals surface area contributed by atoms with E-state index in [4.69, 9.17) is 19.2 Å². The van der Waals surface area contributed by atoms with E-state index in [9.17, 15) is 0 Å². The van der Waals surface area contributed by atoms with Gasteiger partial charge in [-0.05, 0) is 62.5 Å². The molecule has 3 rings (SSSR count). The molecule has 1 fully saturated rings. The summed E-state index contributed by atoms with van der Waals surface area (Å²) in [7, 11) is 5.45. The number of likely N-dealkylation sites (tertiary alicyclic amines) is 1. The number of rotatable bonds is 13. The molecular weight excluding hydrogens is 392 g/mol. The van der Waals surface area contributed by atoms with Gasteiger partial charge in [-0.1, -0.05) is 6.07 Å². The lowest BCUT2D eigenvalue weighted by molar-refractivity contribution is 0.196. The van der Waals surface area contributed by atoms with Crippen molar-refractivity contribution in [2.24, 2.45) is 0 Å². The summed E-state index contributed by atoms with van der Waals surface area (Å²) < 4.78 is 16.7. The number of aromatic nitrogens is 2. The summed E-state index contributed by atoms with van der Waals surface area (Å²) in [6.07, 6.45) is 7.10. The van der Waals surface area contributed by atoms with Crippen molar-refractivity contribution >= 4 is 5.82 Å². The Morgan fingerprint density at radius 2 is 1.87 bits per heavy atom. The molecule has 2 aromatic rings. The van der Waals surface area contributed by atoms with Gasteiger partial charge in [0, 0.05) is 46.5 Å². The molecule has 0 saturated carbocycles. The maximum absolute atomic E-state index is 6.07. The molecule has 0 atom stereocenters. The summed E-state index contributed by atoms with van der Waals surface area (Å²) in [5.74, 6) is 3.26. The SMILES string of the molecule is COCCCN(C)c1ccnc(Cc2ccc(OC)c(OCCCN3CCCC3)c2)n1. The maximum atomic E-state index is 6.07. The molecule has 0 aliphatic carbocycles. The standard InChI is InChI=1S/C24H36N4O3/c1-27(12-6-16-29-2)24-10-11-25-23(26-24)19-20-8-9-21(30-3)22(18-20)31-17-7-15-28-13-4-5-14-28/h8-11,18H,4-7,12-17,19H2,1-3H3. The van der Waals surface area contributed by atoms with Crippen molar-refractivity contribution in [3.05, 3.63) is 41.9 Å². The highest BCUT2D eigenvalue weighted by Crippen LogP contribution is 2.29.